The summed E-state index contributed by atoms with van der Waals surface area (Å²) < 4.78 is 36.7. The molecule has 0 saturated heterocycles. The zero-order valence-corrected chi connectivity index (χ0v) is 13.1. The molecule has 0 spiro atoms. The standard InChI is InChI=1S/C16H22F3NS/c1-12-4-2-3-5-14(12)11-20-10-13-6-8-15(9-7-13)21-16(17,18)19/h6-9,12,14,20H,2-5,10-11H2,1H3. The van der Waals surface area contributed by atoms with E-state index in [1.165, 1.54) is 25.7 Å². The Hall–Kier alpha value is -0.680. The van der Waals surface area contributed by atoms with Crippen molar-refractivity contribution in [3.8, 4) is 0 Å². The number of benzene rings is 1. The van der Waals surface area contributed by atoms with Gasteiger partial charge in [-0.15, -0.1) is 0 Å². The second kappa shape index (κ2) is 7.54. The molecule has 1 aromatic rings. The van der Waals surface area contributed by atoms with Crippen molar-refractivity contribution >= 4 is 11.8 Å². The van der Waals surface area contributed by atoms with E-state index in [9.17, 15) is 13.2 Å². The van der Waals surface area contributed by atoms with Gasteiger partial charge in [-0.25, -0.2) is 0 Å². The summed E-state index contributed by atoms with van der Waals surface area (Å²) in [6.45, 7) is 4.04. The molecule has 5 heteroatoms. The highest BCUT2D eigenvalue weighted by Crippen LogP contribution is 2.36. The minimum Gasteiger partial charge on any atom is -0.312 e. The number of hydrogen-bond acceptors (Lipinski definition) is 2. The number of nitrogens with one attached hydrogen (secondary N) is 1. The van der Waals surface area contributed by atoms with Gasteiger partial charge in [-0.1, -0.05) is 38.3 Å². The van der Waals surface area contributed by atoms with Crippen molar-refractivity contribution in [2.75, 3.05) is 6.54 Å². The molecule has 1 saturated carbocycles. The Morgan fingerprint density at radius 2 is 1.81 bits per heavy atom. The second-order valence-corrected chi connectivity index (χ2v) is 6.98. The van der Waals surface area contributed by atoms with E-state index in [2.05, 4.69) is 12.2 Å². The van der Waals surface area contributed by atoms with E-state index in [-0.39, 0.29) is 16.7 Å². The van der Waals surface area contributed by atoms with Gasteiger partial charge in [0.15, 0.2) is 0 Å². The van der Waals surface area contributed by atoms with Gasteiger partial charge in [0, 0.05) is 11.4 Å². The maximum Gasteiger partial charge on any atom is 0.446 e. The van der Waals surface area contributed by atoms with Gasteiger partial charge in [-0.05, 0) is 54.3 Å². The molecule has 0 aliphatic heterocycles. The van der Waals surface area contributed by atoms with E-state index < -0.39 is 5.51 Å². The third-order valence-corrected chi connectivity index (χ3v) is 4.92. The third-order valence-electron chi connectivity index (χ3n) is 4.18. The normalized spacial score (nSPS) is 23.2. The average molecular weight is 317 g/mol. The van der Waals surface area contributed by atoms with E-state index in [1.807, 2.05) is 0 Å². The van der Waals surface area contributed by atoms with Gasteiger partial charge in [0.1, 0.15) is 0 Å². The van der Waals surface area contributed by atoms with Crippen molar-refractivity contribution in [1.29, 1.82) is 0 Å². The van der Waals surface area contributed by atoms with Crippen LogP contribution in [-0.2, 0) is 6.54 Å². The fourth-order valence-electron chi connectivity index (χ4n) is 2.91. The van der Waals surface area contributed by atoms with Crippen LogP contribution in [0.1, 0.15) is 38.2 Å². The molecule has 1 N–H and O–H groups in total. The first kappa shape index (κ1) is 16.7. The van der Waals surface area contributed by atoms with Crippen LogP contribution in [0.2, 0.25) is 0 Å². The van der Waals surface area contributed by atoms with Gasteiger partial charge in [0.25, 0.3) is 0 Å². The zero-order valence-electron chi connectivity index (χ0n) is 12.2. The van der Waals surface area contributed by atoms with Crippen LogP contribution in [0.15, 0.2) is 29.2 Å². The molecule has 0 heterocycles. The molecule has 1 fully saturated rings. The van der Waals surface area contributed by atoms with Gasteiger partial charge in [0.05, 0.1) is 0 Å². The van der Waals surface area contributed by atoms with Crippen LogP contribution in [0.3, 0.4) is 0 Å². The largest absolute Gasteiger partial charge is 0.446 e. The van der Waals surface area contributed by atoms with E-state index in [0.717, 1.165) is 30.5 Å². The van der Waals surface area contributed by atoms with Crippen molar-refractivity contribution in [2.24, 2.45) is 11.8 Å². The lowest BCUT2D eigenvalue weighted by Gasteiger charge is -2.28. The number of rotatable bonds is 5. The smallest absolute Gasteiger partial charge is 0.312 e. The Bertz CT molecular complexity index is 430. The quantitative estimate of drug-likeness (QED) is 0.748. The van der Waals surface area contributed by atoms with E-state index in [0.29, 0.717) is 0 Å². The molecule has 2 rings (SSSR count). The first-order valence-corrected chi connectivity index (χ1v) is 8.31. The predicted molar refractivity (Wildman–Crippen MR) is 81.2 cm³/mol. The fourth-order valence-corrected chi connectivity index (χ4v) is 3.45. The monoisotopic (exact) mass is 317 g/mol. The molecule has 2 atom stereocenters. The number of alkyl halides is 3. The van der Waals surface area contributed by atoms with Crippen molar-refractivity contribution in [3.05, 3.63) is 29.8 Å². The van der Waals surface area contributed by atoms with Gasteiger partial charge in [-0.3, -0.25) is 0 Å². The summed E-state index contributed by atoms with van der Waals surface area (Å²) in [5.74, 6) is 1.51. The Morgan fingerprint density at radius 1 is 1.14 bits per heavy atom. The molecular formula is C16H22F3NS. The fraction of sp³-hybridized carbons (Fsp3) is 0.625. The molecule has 0 radical (unpaired) electrons. The first-order valence-electron chi connectivity index (χ1n) is 7.49. The summed E-state index contributed by atoms with van der Waals surface area (Å²) in [4.78, 5) is 0.243. The molecule has 2 unspecified atom stereocenters. The topological polar surface area (TPSA) is 12.0 Å². The van der Waals surface area contributed by atoms with Crippen LogP contribution >= 0.6 is 11.8 Å². The molecule has 0 amide bonds. The van der Waals surface area contributed by atoms with Crippen LogP contribution in [0.5, 0.6) is 0 Å². The van der Waals surface area contributed by atoms with Crippen molar-refractivity contribution in [1.82, 2.24) is 5.32 Å². The molecule has 1 aliphatic rings. The van der Waals surface area contributed by atoms with Gasteiger partial charge in [0.2, 0.25) is 0 Å². The summed E-state index contributed by atoms with van der Waals surface area (Å²) in [6.07, 6.45) is 5.26. The van der Waals surface area contributed by atoms with Gasteiger partial charge >= 0.3 is 5.51 Å². The van der Waals surface area contributed by atoms with E-state index >= 15 is 0 Å². The Labute approximate surface area is 128 Å². The highest BCUT2D eigenvalue weighted by Gasteiger charge is 2.29. The highest BCUT2D eigenvalue weighted by atomic mass is 32.2. The molecule has 1 aliphatic carbocycles. The lowest BCUT2D eigenvalue weighted by molar-refractivity contribution is -0.0328. The molecule has 21 heavy (non-hydrogen) atoms. The molecule has 0 bridgehead atoms. The first-order chi connectivity index (χ1) is 9.94. The number of hydrogen-bond donors (Lipinski definition) is 1. The second-order valence-electron chi connectivity index (χ2n) is 5.84. The van der Waals surface area contributed by atoms with E-state index in [4.69, 9.17) is 0 Å². The molecule has 0 aromatic heterocycles. The highest BCUT2D eigenvalue weighted by molar-refractivity contribution is 8.00. The predicted octanol–water partition coefficient (Wildman–Crippen LogP) is 5.21. The van der Waals surface area contributed by atoms with Crippen LogP contribution < -0.4 is 5.32 Å². The number of thioether (sulfide) groups is 1. The average Bonchev–Trinajstić information content (AvgIpc) is 2.41. The molecular weight excluding hydrogens is 295 g/mol. The molecule has 1 aromatic carbocycles. The minimum absolute atomic E-state index is 0.0641. The minimum atomic E-state index is -4.21. The Kier molecular flexibility index (Phi) is 5.99. The third kappa shape index (κ3) is 5.91. The SMILES string of the molecule is CC1CCCCC1CNCc1ccc(SC(F)(F)F)cc1. The van der Waals surface area contributed by atoms with Crippen molar-refractivity contribution < 1.29 is 13.2 Å². The Morgan fingerprint density at radius 3 is 2.43 bits per heavy atom. The summed E-state index contributed by atoms with van der Waals surface area (Å²) in [5, 5.41) is 3.44. The molecule has 118 valence electrons. The molecule has 1 nitrogen and oxygen atoms in total. The Balaban J connectivity index is 1.76. The lowest BCUT2D eigenvalue weighted by Crippen LogP contribution is -2.29. The van der Waals surface area contributed by atoms with Gasteiger partial charge < -0.3 is 5.32 Å². The summed E-state index contributed by atoms with van der Waals surface area (Å²) >= 11 is -0.0641. The van der Waals surface area contributed by atoms with Crippen molar-refractivity contribution in [2.45, 2.75) is 49.6 Å². The zero-order chi connectivity index (χ0) is 15.3. The van der Waals surface area contributed by atoms with Crippen LogP contribution in [0.4, 0.5) is 13.2 Å². The van der Waals surface area contributed by atoms with E-state index in [1.54, 1.807) is 24.3 Å². The summed E-state index contributed by atoms with van der Waals surface area (Å²) in [7, 11) is 0. The van der Waals surface area contributed by atoms with Gasteiger partial charge in [-0.2, -0.15) is 13.2 Å². The maximum atomic E-state index is 12.2. The lowest BCUT2D eigenvalue weighted by atomic mass is 9.80. The summed E-state index contributed by atoms with van der Waals surface area (Å²) in [6, 6.07) is 6.62. The number of halogens is 3. The van der Waals surface area contributed by atoms with Crippen LogP contribution in [0.25, 0.3) is 0 Å². The van der Waals surface area contributed by atoms with Crippen molar-refractivity contribution in [3.63, 3.8) is 0 Å². The summed E-state index contributed by atoms with van der Waals surface area (Å²) in [5.41, 5.74) is -3.18. The van der Waals surface area contributed by atoms with Crippen LogP contribution in [-0.4, -0.2) is 12.1 Å². The van der Waals surface area contributed by atoms with Crippen LogP contribution in [0, 0.1) is 11.8 Å². The maximum absolute atomic E-state index is 12.2.